The van der Waals surface area contributed by atoms with Crippen molar-refractivity contribution in [1.82, 2.24) is 0 Å². The molecule has 0 saturated heterocycles. The Hall–Kier alpha value is -2.50. The molecule has 0 amide bonds. The molecule has 0 aliphatic carbocycles. The fourth-order valence-corrected chi connectivity index (χ4v) is 0.858. The number of carboxylic acids is 5. The highest BCUT2D eigenvalue weighted by atomic mass is 32.2. The third-order valence-electron chi connectivity index (χ3n) is 1.65. The Kier molecular flexibility index (Phi) is 38.9. The Morgan fingerprint density at radius 1 is 0.690 bits per heavy atom. The minimum absolute atomic E-state index is 0.278. The summed E-state index contributed by atoms with van der Waals surface area (Å²) < 4.78 is 0. The third-order valence-corrected chi connectivity index (χ3v) is 2.29. The highest BCUT2D eigenvalue weighted by Crippen LogP contribution is 1.97. The predicted molar refractivity (Wildman–Crippen MR) is 105 cm³/mol. The molecule has 0 aromatic carbocycles. The normalized spacial score (nSPS) is 9.17. The van der Waals surface area contributed by atoms with Crippen molar-refractivity contribution >= 4 is 41.6 Å². The molecular weight excluding hydrogens is 418 g/mol. The van der Waals surface area contributed by atoms with Gasteiger partial charge in [-0.3, -0.25) is 24.0 Å². The monoisotopic (exact) mass is 449 g/mol. The summed E-state index contributed by atoms with van der Waals surface area (Å²) >= 11 is 1.60. The van der Waals surface area contributed by atoms with Gasteiger partial charge in [-0.2, -0.15) is 11.8 Å². The number of hydrogen-bond acceptors (Lipinski definition) is 11. The highest BCUT2D eigenvalue weighted by molar-refractivity contribution is 7.98. The van der Waals surface area contributed by atoms with E-state index in [2.05, 4.69) is 22.9 Å². The van der Waals surface area contributed by atoms with E-state index < -0.39 is 35.9 Å². The minimum atomic E-state index is -0.968. The highest BCUT2D eigenvalue weighted by Gasteiger charge is 2.08. The van der Waals surface area contributed by atoms with E-state index in [0.29, 0.717) is 6.42 Å². The molecular formula is C13H31N5O10S. The van der Waals surface area contributed by atoms with E-state index in [1.54, 1.807) is 11.8 Å². The number of carbonyl (C=O) groups is 5. The van der Waals surface area contributed by atoms with Crippen LogP contribution in [-0.4, -0.2) is 99.6 Å². The van der Waals surface area contributed by atoms with Crippen LogP contribution in [0, 0.1) is 0 Å². The van der Waals surface area contributed by atoms with Gasteiger partial charge in [0.2, 0.25) is 0 Å². The Morgan fingerprint density at radius 3 is 1.00 bits per heavy atom. The molecule has 0 radical (unpaired) electrons. The average molecular weight is 449 g/mol. The molecule has 0 spiro atoms. The molecule has 174 valence electrons. The van der Waals surface area contributed by atoms with Crippen molar-refractivity contribution in [1.29, 1.82) is 0 Å². The predicted octanol–water partition coefficient (Wildman–Crippen LogP) is -3.73. The molecule has 1 unspecified atom stereocenters. The third kappa shape index (κ3) is 77.3. The molecule has 15 N–H and O–H groups in total. The standard InChI is InChI=1S/C5H11NO2S.4C2H5NO2/c1-9-3-2-4(6)5(7)8;4*3-1-2(4)5/h4H,2-3,6H2,1H3,(H,7,8);4*1,3H2,(H,4,5). The van der Waals surface area contributed by atoms with Crippen molar-refractivity contribution in [3.05, 3.63) is 0 Å². The summed E-state index contributed by atoms with van der Waals surface area (Å²) in [5.41, 5.74) is 23.5. The van der Waals surface area contributed by atoms with Crippen LogP contribution in [0.25, 0.3) is 0 Å². The summed E-state index contributed by atoms with van der Waals surface area (Å²) in [7, 11) is 0. The smallest absolute Gasteiger partial charge is 0.320 e. The van der Waals surface area contributed by atoms with Gasteiger partial charge in [-0.25, -0.2) is 0 Å². The number of aliphatic carboxylic acids is 5. The van der Waals surface area contributed by atoms with E-state index in [4.69, 9.17) is 31.3 Å². The lowest BCUT2D eigenvalue weighted by Crippen LogP contribution is -2.30. The number of hydrogen-bond donors (Lipinski definition) is 10. The van der Waals surface area contributed by atoms with Gasteiger partial charge in [0.1, 0.15) is 6.04 Å². The van der Waals surface area contributed by atoms with Crippen molar-refractivity contribution in [2.24, 2.45) is 28.7 Å². The van der Waals surface area contributed by atoms with Crippen LogP contribution in [0.3, 0.4) is 0 Å². The zero-order chi connectivity index (χ0) is 24.4. The van der Waals surface area contributed by atoms with Crippen molar-refractivity contribution in [3.8, 4) is 0 Å². The number of nitrogens with two attached hydrogens (primary N) is 5. The van der Waals surface area contributed by atoms with Crippen LogP contribution in [0.2, 0.25) is 0 Å². The number of rotatable bonds is 8. The molecule has 0 saturated carbocycles. The van der Waals surface area contributed by atoms with Crippen molar-refractivity contribution in [2.75, 3.05) is 38.2 Å². The molecule has 0 aliphatic heterocycles. The first-order valence-corrected chi connectivity index (χ1v) is 8.81. The molecule has 0 bridgehead atoms. The van der Waals surface area contributed by atoms with Crippen LogP contribution in [0.4, 0.5) is 0 Å². The average Bonchev–Trinajstić information content (AvgIpc) is 2.67. The first-order chi connectivity index (χ1) is 13.3. The van der Waals surface area contributed by atoms with Crippen molar-refractivity contribution in [3.63, 3.8) is 0 Å². The molecule has 0 fully saturated rings. The summed E-state index contributed by atoms with van der Waals surface area (Å²) in [6.07, 6.45) is 2.48. The summed E-state index contributed by atoms with van der Waals surface area (Å²) in [5.74, 6) is -3.97. The van der Waals surface area contributed by atoms with Crippen LogP contribution in [0.5, 0.6) is 0 Å². The number of carboxylic acid groups (broad SMARTS) is 5. The fraction of sp³-hybridized carbons (Fsp3) is 0.615. The second kappa shape index (κ2) is 30.2. The lowest BCUT2D eigenvalue weighted by Gasteiger charge is -2.02. The minimum Gasteiger partial charge on any atom is -0.480 e. The second-order valence-corrected chi connectivity index (χ2v) is 5.10. The maximum absolute atomic E-state index is 10.1. The SMILES string of the molecule is CSCCC(N)C(=O)O.NCC(=O)O.NCC(=O)O.NCC(=O)O.NCC(=O)O. The van der Waals surface area contributed by atoms with Gasteiger partial charge in [-0.1, -0.05) is 0 Å². The first kappa shape index (κ1) is 37.3. The lowest BCUT2D eigenvalue weighted by molar-refractivity contribution is -0.139. The van der Waals surface area contributed by atoms with Crippen LogP contribution < -0.4 is 28.7 Å². The summed E-state index contributed by atoms with van der Waals surface area (Å²) in [6.45, 7) is -1.11. The summed E-state index contributed by atoms with van der Waals surface area (Å²) in [6, 6.07) is -0.683. The molecule has 0 aliphatic rings. The molecule has 1 atom stereocenters. The summed E-state index contributed by atoms with van der Waals surface area (Å²) in [4.78, 5) is 47.0. The molecule has 0 aromatic rings. The van der Waals surface area contributed by atoms with Crippen LogP contribution in [-0.2, 0) is 24.0 Å². The maximum atomic E-state index is 10.1. The van der Waals surface area contributed by atoms with Crippen molar-refractivity contribution in [2.45, 2.75) is 12.5 Å². The van der Waals surface area contributed by atoms with E-state index in [9.17, 15) is 24.0 Å². The van der Waals surface area contributed by atoms with Crippen LogP contribution in [0.15, 0.2) is 0 Å². The Morgan fingerprint density at radius 2 is 0.897 bits per heavy atom. The van der Waals surface area contributed by atoms with Gasteiger partial charge in [0.15, 0.2) is 0 Å². The zero-order valence-electron chi connectivity index (χ0n) is 15.9. The van der Waals surface area contributed by atoms with Crippen LogP contribution >= 0.6 is 11.8 Å². The second-order valence-electron chi connectivity index (χ2n) is 4.12. The fourth-order valence-electron chi connectivity index (χ4n) is 0.368. The van der Waals surface area contributed by atoms with Crippen LogP contribution in [0.1, 0.15) is 6.42 Å². The van der Waals surface area contributed by atoms with Gasteiger partial charge in [0, 0.05) is 0 Å². The first-order valence-electron chi connectivity index (χ1n) is 7.41. The molecule has 0 aromatic heterocycles. The molecule has 29 heavy (non-hydrogen) atoms. The van der Waals surface area contributed by atoms with E-state index in [1.807, 2.05) is 6.26 Å². The van der Waals surface area contributed by atoms with E-state index in [1.165, 1.54) is 0 Å². The number of thioether (sulfide) groups is 1. The molecule has 15 nitrogen and oxygen atoms in total. The van der Waals surface area contributed by atoms with Gasteiger partial charge in [-0.15, -0.1) is 0 Å². The lowest BCUT2D eigenvalue weighted by atomic mass is 10.2. The molecule has 0 heterocycles. The van der Waals surface area contributed by atoms with Gasteiger partial charge < -0.3 is 54.2 Å². The van der Waals surface area contributed by atoms with Gasteiger partial charge in [0.25, 0.3) is 0 Å². The Balaban J connectivity index is -0.0000000853. The largest absolute Gasteiger partial charge is 0.480 e. The van der Waals surface area contributed by atoms with Gasteiger partial charge in [0.05, 0.1) is 26.2 Å². The van der Waals surface area contributed by atoms with Gasteiger partial charge >= 0.3 is 29.8 Å². The zero-order valence-corrected chi connectivity index (χ0v) is 16.7. The van der Waals surface area contributed by atoms with E-state index in [-0.39, 0.29) is 26.2 Å². The summed E-state index contributed by atoms with van der Waals surface area (Å²) in [5, 5.41) is 38.7. The Labute approximate surface area is 171 Å². The van der Waals surface area contributed by atoms with E-state index in [0.717, 1.165) is 5.75 Å². The quantitative estimate of drug-likeness (QED) is 0.170. The maximum Gasteiger partial charge on any atom is 0.320 e. The Bertz CT molecular complexity index is 398. The van der Waals surface area contributed by atoms with E-state index >= 15 is 0 Å². The topological polar surface area (TPSA) is 317 Å². The molecule has 16 heteroatoms. The molecule has 0 rings (SSSR count). The van der Waals surface area contributed by atoms with Gasteiger partial charge in [-0.05, 0) is 18.4 Å². The van der Waals surface area contributed by atoms with Crippen molar-refractivity contribution < 1.29 is 49.5 Å².